The maximum Gasteiger partial charge on any atom is 0.339 e. The zero-order valence-electron chi connectivity index (χ0n) is 18.8. The summed E-state index contributed by atoms with van der Waals surface area (Å²) in [5, 5.41) is 25.3. The Labute approximate surface area is 199 Å². The molecule has 35 heavy (non-hydrogen) atoms. The quantitative estimate of drug-likeness (QED) is 0.345. The van der Waals surface area contributed by atoms with Crippen molar-refractivity contribution in [3.05, 3.63) is 69.7 Å². The van der Waals surface area contributed by atoms with Crippen molar-refractivity contribution in [3.63, 3.8) is 0 Å². The fraction of sp³-hybridized carbons (Fsp3) is 0.269. The summed E-state index contributed by atoms with van der Waals surface area (Å²) in [5.41, 5.74) is 3.13. The zero-order valence-corrected chi connectivity index (χ0v) is 18.8. The Morgan fingerprint density at radius 1 is 1.11 bits per heavy atom. The molecule has 0 fully saturated rings. The summed E-state index contributed by atoms with van der Waals surface area (Å²) in [6.07, 6.45) is 5.11. The lowest BCUT2D eigenvalue weighted by molar-refractivity contribution is -0.308. The molecule has 0 spiro atoms. The fourth-order valence-electron chi connectivity index (χ4n) is 4.65. The highest BCUT2D eigenvalue weighted by molar-refractivity contribution is 5.87. The number of carbonyl (C=O) groups is 2. The number of amides is 1. The van der Waals surface area contributed by atoms with Crippen molar-refractivity contribution < 1.29 is 29.0 Å². The third-order valence-electron chi connectivity index (χ3n) is 6.36. The molecule has 1 amide bonds. The van der Waals surface area contributed by atoms with Crippen LogP contribution in [0, 0.1) is 0 Å². The number of aromatic amines is 1. The standard InChI is InChI=1S/C26H24N2O7/c29-15-5-8-21-20(10-15)14(12-27-21)9-22(25(31)32)28-24(30)13-34-16-6-7-18-17-3-1-2-4-19(17)26(33)35-23(18)11-16/h5-8,10-12,22,27,29H,1-4,9,13H2,(H,28,30)(H,31,32)/p-1/t22-/m1/s1. The Bertz CT molecular complexity index is 1500. The second-order valence-corrected chi connectivity index (χ2v) is 8.69. The Hall–Kier alpha value is -4.27. The number of phenolic OH excluding ortho intramolecular Hbond substituents is 1. The van der Waals surface area contributed by atoms with E-state index in [9.17, 15) is 24.6 Å². The lowest BCUT2D eigenvalue weighted by atomic mass is 9.91. The van der Waals surface area contributed by atoms with Crippen LogP contribution in [0.5, 0.6) is 11.5 Å². The minimum absolute atomic E-state index is 0.0379. The van der Waals surface area contributed by atoms with Crippen molar-refractivity contribution in [2.24, 2.45) is 0 Å². The van der Waals surface area contributed by atoms with Crippen molar-refractivity contribution in [2.45, 2.75) is 38.1 Å². The van der Waals surface area contributed by atoms with E-state index in [1.54, 1.807) is 24.4 Å². The van der Waals surface area contributed by atoms with Gasteiger partial charge in [0.1, 0.15) is 17.1 Å². The molecule has 180 valence electrons. The number of aryl methyl sites for hydroxylation is 1. The van der Waals surface area contributed by atoms with Gasteiger partial charge >= 0.3 is 5.63 Å². The number of aromatic nitrogens is 1. The number of carboxylic acids is 1. The summed E-state index contributed by atoms with van der Waals surface area (Å²) in [6.45, 7) is -0.431. The number of nitrogens with one attached hydrogen (secondary N) is 2. The minimum Gasteiger partial charge on any atom is -0.548 e. The predicted molar refractivity (Wildman–Crippen MR) is 125 cm³/mol. The molecule has 1 aliphatic carbocycles. The Kier molecular flexibility index (Phi) is 5.90. The van der Waals surface area contributed by atoms with E-state index in [0.29, 0.717) is 28.7 Å². The van der Waals surface area contributed by atoms with E-state index in [1.165, 1.54) is 12.1 Å². The van der Waals surface area contributed by atoms with Crippen LogP contribution in [-0.2, 0) is 28.9 Å². The van der Waals surface area contributed by atoms with Crippen LogP contribution in [0.3, 0.4) is 0 Å². The molecule has 0 bridgehead atoms. The van der Waals surface area contributed by atoms with Crippen LogP contribution < -0.4 is 20.8 Å². The van der Waals surface area contributed by atoms with E-state index in [4.69, 9.17) is 9.15 Å². The number of aliphatic carboxylic acids is 1. The number of H-pyrrole nitrogens is 1. The summed E-state index contributed by atoms with van der Waals surface area (Å²) in [6, 6.07) is 8.49. The van der Waals surface area contributed by atoms with Crippen LogP contribution in [0.4, 0.5) is 0 Å². The number of benzene rings is 2. The van der Waals surface area contributed by atoms with Gasteiger partial charge in [0.25, 0.3) is 5.91 Å². The van der Waals surface area contributed by atoms with E-state index in [0.717, 1.165) is 41.3 Å². The first kappa shape index (κ1) is 22.5. The number of carbonyl (C=O) groups excluding carboxylic acids is 2. The molecule has 9 nitrogen and oxygen atoms in total. The number of carboxylic acid groups (broad SMARTS) is 1. The third-order valence-corrected chi connectivity index (χ3v) is 6.36. The number of rotatable bonds is 7. The van der Waals surface area contributed by atoms with Gasteiger partial charge in [-0.25, -0.2) is 4.79 Å². The highest BCUT2D eigenvalue weighted by Gasteiger charge is 2.19. The lowest BCUT2D eigenvalue weighted by Gasteiger charge is -2.20. The van der Waals surface area contributed by atoms with Crippen molar-refractivity contribution >= 4 is 33.7 Å². The van der Waals surface area contributed by atoms with Crippen LogP contribution in [0.1, 0.15) is 29.5 Å². The van der Waals surface area contributed by atoms with Gasteiger partial charge in [-0.3, -0.25) is 4.79 Å². The average Bonchev–Trinajstić information content (AvgIpc) is 3.24. The van der Waals surface area contributed by atoms with E-state index >= 15 is 0 Å². The van der Waals surface area contributed by atoms with Crippen LogP contribution in [0.15, 0.2) is 51.8 Å². The van der Waals surface area contributed by atoms with Crippen LogP contribution >= 0.6 is 0 Å². The summed E-state index contributed by atoms with van der Waals surface area (Å²) in [4.78, 5) is 39.4. The van der Waals surface area contributed by atoms with Crippen molar-refractivity contribution in [2.75, 3.05) is 6.61 Å². The lowest BCUT2D eigenvalue weighted by Crippen LogP contribution is -2.50. The molecule has 1 aliphatic rings. The van der Waals surface area contributed by atoms with Gasteiger partial charge in [-0.05, 0) is 67.1 Å². The van der Waals surface area contributed by atoms with Crippen molar-refractivity contribution in [3.8, 4) is 11.5 Å². The molecule has 9 heteroatoms. The molecule has 0 saturated heterocycles. The summed E-state index contributed by atoms with van der Waals surface area (Å²) < 4.78 is 11.0. The van der Waals surface area contributed by atoms with Crippen LogP contribution in [0.2, 0.25) is 0 Å². The molecular weight excluding hydrogens is 452 g/mol. The van der Waals surface area contributed by atoms with E-state index in [1.807, 2.05) is 6.07 Å². The molecule has 0 unspecified atom stereocenters. The summed E-state index contributed by atoms with van der Waals surface area (Å²) >= 11 is 0. The number of aromatic hydroxyl groups is 1. The van der Waals surface area contributed by atoms with Gasteiger partial charge in [-0.1, -0.05) is 0 Å². The van der Waals surface area contributed by atoms with E-state index in [-0.39, 0.29) is 17.8 Å². The molecular formula is C26H23N2O7-. The average molecular weight is 475 g/mol. The van der Waals surface area contributed by atoms with E-state index in [2.05, 4.69) is 10.3 Å². The predicted octanol–water partition coefficient (Wildman–Crippen LogP) is 1.71. The third kappa shape index (κ3) is 4.57. The monoisotopic (exact) mass is 475 g/mol. The second kappa shape index (κ2) is 9.17. The summed E-state index contributed by atoms with van der Waals surface area (Å²) in [7, 11) is 0. The molecule has 1 atom stereocenters. The Balaban J connectivity index is 1.27. The highest BCUT2D eigenvalue weighted by atomic mass is 16.5. The van der Waals surface area contributed by atoms with Gasteiger partial charge in [0, 0.05) is 40.5 Å². The maximum atomic E-state index is 12.4. The smallest absolute Gasteiger partial charge is 0.339 e. The van der Waals surface area contributed by atoms with Crippen molar-refractivity contribution in [1.29, 1.82) is 0 Å². The van der Waals surface area contributed by atoms with Gasteiger partial charge < -0.3 is 34.5 Å². The molecule has 0 aliphatic heterocycles. The largest absolute Gasteiger partial charge is 0.548 e. The first-order valence-corrected chi connectivity index (χ1v) is 11.4. The number of phenols is 1. The molecule has 2 aromatic carbocycles. The first-order valence-electron chi connectivity index (χ1n) is 11.4. The number of ether oxygens (including phenoxy) is 1. The molecule has 0 radical (unpaired) electrons. The maximum absolute atomic E-state index is 12.4. The molecule has 2 aromatic heterocycles. The van der Waals surface area contributed by atoms with Crippen LogP contribution in [-0.4, -0.2) is 34.6 Å². The van der Waals surface area contributed by atoms with E-state index < -0.39 is 24.5 Å². The topological polar surface area (TPSA) is 145 Å². The van der Waals surface area contributed by atoms with Crippen LogP contribution in [0.25, 0.3) is 21.9 Å². The molecule has 2 heterocycles. The molecule has 4 aromatic rings. The Morgan fingerprint density at radius 3 is 2.71 bits per heavy atom. The first-order chi connectivity index (χ1) is 16.9. The number of hydrogen-bond acceptors (Lipinski definition) is 7. The molecule has 5 rings (SSSR count). The Morgan fingerprint density at radius 2 is 1.91 bits per heavy atom. The van der Waals surface area contributed by atoms with Gasteiger partial charge in [-0.2, -0.15) is 0 Å². The van der Waals surface area contributed by atoms with Gasteiger partial charge in [0.05, 0.1) is 12.0 Å². The normalized spacial score (nSPS) is 13.9. The second-order valence-electron chi connectivity index (χ2n) is 8.69. The zero-order chi connectivity index (χ0) is 24.5. The van der Waals surface area contributed by atoms with Gasteiger partial charge in [0.15, 0.2) is 6.61 Å². The van der Waals surface area contributed by atoms with Crippen molar-refractivity contribution in [1.82, 2.24) is 10.3 Å². The fourth-order valence-corrected chi connectivity index (χ4v) is 4.65. The minimum atomic E-state index is -1.44. The molecule has 3 N–H and O–H groups in total. The van der Waals surface area contributed by atoms with Gasteiger partial charge in [-0.15, -0.1) is 0 Å². The highest BCUT2D eigenvalue weighted by Crippen LogP contribution is 2.29. The number of hydrogen-bond donors (Lipinski definition) is 3. The number of fused-ring (bicyclic) bond motifs is 4. The SMILES string of the molecule is O=C(COc1ccc2c3c(c(=O)oc2c1)CCCC3)N[C@H](Cc1c[nH]c2ccc(O)cc12)C(=O)[O-]. The molecule has 0 saturated carbocycles. The summed E-state index contributed by atoms with van der Waals surface area (Å²) in [5.74, 6) is -1.71. The van der Waals surface area contributed by atoms with Gasteiger partial charge in [0.2, 0.25) is 0 Å².